The summed E-state index contributed by atoms with van der Waals surface area (Å²) in [5.74, 6) is -0.0419. The van der Waals surface area contributed by atoms with Gasteiger partial charge in [-0.05, 0) is 18.2 Å². The summed E-state index contributed by atoms with van der Waals surface area (Å²) >= 11 is 12.2. The number of carbonyl (C=O) groups is 1. The molecule has 7 heteroatoms. The van der Waals surface area contributed by atoms with E-state index in [1.54, 1.807) is 24.3 Å². The fraction of sp³-hybridized carbons (Fsp3) is 0.250. The highest BCUT2D eigenvalue weighted by molar-refractivity contribution is 6.34. The summed E-state index contributed by atoms with van der Waals surface area (Å²) in [5, 5.41) is 3.46. The second-order valence-corrected chi connectivity index (χ2v) is 5.86. The Bertz CT molecular complexity index is 718. The molecule has 0 aliphatic carbocycles. The lowest BCUT2D eigenvalue weighted by Gasteiger charge is -2.13. The Hall–Kier alpha value is -1.82. The molecule has 0 saturated carbocycles. The molecule has 0 spiro atoms. The van der Waals surface area contributed by atoms with Gasteiger partial charge in [-0.3, -0.25) is 4.79 Å². The van der Waals surface area contributed by atoms with Gasteiger partial charge >= 0.3 is 0 Å². The monoisotopic (exact) mass is 352 g/mol. The number of para-hydroxylation sites is 1. The van der Waals surface area contributed by atoms with Crippen molar-refractivity contribution in [1.29, 1.82) is 0 Å². The second kappa shape index (κ2) is 7.17. The molecular formula is C16H14Cl2N2O3. The van der Waals surface area contributed by atoms with Crippen molar-refractivity contribution in [3.8, 4) is 5.88 Å². The fourth-order valence-electron chi connectivity index (χ4n) is 2.16. The van der Waals surface area contributed by atoms with Crippen molar-refractivity contribution in [2.24, 2.45) is 0 Å². The van der Waals surface area contributed by atoms with Gasteiger partial charge in [0.05, 0.1) is 29.5 Å². The van der Waals surface area contributed by atoms with Crippen LogP contribution in [0.1, 0.15) is 16.8 Å². The van der Waals surface area contributed by atoms with Gasteiger partial charge < -0.3 is 14.8 Å². The van der Waals surface area contributed by atoms with Crippen molar-refractivity contribution in [3.63, 3.8) is 0 Å². The number of hydrogen-bond donors (Lipinski definition) is 1. The SMILES string of the molecule is O=C(Nc1ccccc1Cl)c1cnc(OC2CCOC2)c(Cl)c1. The highest BCUT2D eigenvalue weighted by Crippen LogP contribution is 2.26. The summed E-state index contributed by atoms with van der Waals surface area (Å²) in [5.41, 5.74) is 0.851. The number of amides is 1. The van der Waals surface area contributed by atoms with Crippen LogP contribution in [0.5, 0.6) is 5.88 Å². The summed E-state index contributed by atoms with van der Waals surface area (Å²) in [7, 11) is 0. The van der Waals surface area contributed by atoms with Gasteiger partial charge in [0.2, 0.25) is 5.88 Å². The van der Waals surface area contributed by atoms with Gasteiger partial charge in [-0.2, -0.15) is 0 Å². The highest BCUT2D eigenvalue weighted by Gasteiger charge is 2.20. The Morgan fingerprint density at radius 3 is 2.83 bits per heavy atom. The quantitative estimate of drug-likeness (QED) is 0.908. The van der Waals surface area contributed by atoms with Crippen molar-refractivity contribution in [2.75, 3.05) is 18.5 Å². The number of rotatable bonds is 4. The van der Waals surface area contributed by atoms with E-state index in [1.807, 2.05) is 0 Å². The lowest BCUT2D eigenvalue weighted by molar-refractivity contribution is 0.102. The molecule has 1 unspecified atom stereocenters. The molecule has 1 N–H and O–H groups in total. The maximum absolute atomic E-state index is 12.2. The number of nitrogens with one attached hydrogen (secondary N) is 1. The van der Waals surface area contributed by atoms with Crippen LogP contribution in [0.15, 0.2) is 36.5 Å². The number of nitrogens with zero attached hydrogens (tertiary/aromatic N) is 1. The van der Waals surface area contributed by atoms with Gasteiger partial charge in [-0.15, -0.1) is 0 Å². The van der Waals surface area contributed by atoms with E-state index in [4.69, 9.17) is 32.7 Å². The van der Waals surface area contributed by atoms with Crippen LogP contribution < -0.4 is 10.1 Å². The average Bonchev–Trinajstić information content (AvgIpc) is 3.04. The molecule has 120 valence electrons. The minimum Gasteiger partial charge on any atom is -0.471 e. The van der Waals surface area contributed by atoms with E-state index in [-0.39, 0.29) is 17.0 Å². The molecule has 0 radical (unpaired) electrons. The van der Waals surface area contributed by atoms with Crippen LogP contribution in [-0.4, -0.2) is 30.2 Å². The predicted molar refractivity (Wildman–Crippen MR) is 88.5 cm³/mol. The topological polar surface area (TPSA) is 60.5 Å². The maximum atomic E-state index is 12.2. The number of aromatic nitrogens is 1. The molecule has 1 fully saturated rings. The van der Waals surface area contributed by atoms with Crippen molar-refractivity contribution < 1.29 is 14.3 Å². The molecule has 23 heavy (non-hydrogen) atoms. The number of hydrogen-bond acceptors (Lipinski definition) is 4. The molecule has 2 aromatic rings. The van der Waals surface area contributed by atoms with Crippen LogP contribution in [0.3, 0.4) is 0 Å². The van der Waals surface area contributed by atoms with E-state index < -0.39 is 0 Å². The summed E-state index contributed by atoms with van der Waals surface area (Å²) in [6, 6.07) is 8.50. The van der Waals surface area contributed by atoms with E-state index in [9.17, 15) is 4.79 Å². The number of halogens is 2. The molecule has 1 aliphatic heterocycles. The zero-order valence-electron chi connectivity index (χ0n) is 12.1. The normalized spacial score (nSPS) is 17.0. The van der Waals surface area contributed by atoms with Gasteiger partial charge in [-0.25, -0.2) is 4.98 Å². The maximum Gasteiger partial charge on any atom is 0.257 e. The number of carbonyl (C=O) groups excluding carboxylic acids is 1. The molecule has 1 saturated heterocycles. The lowest BCUT2D eigenvalue weighted by Crippen LogP contribution is -2.17. The van der Waals surface area contributed by atoms with Gasteiger partial charge in [0.15, 0.2) is 0 Å². The van der Waals surface area contributed by atoms with E-state index in [1.165, 1.54) is 12.3 Å². The zero-order chi connectivity index (χ0) is 16.2. The number of anilines is 1. The van der Waals surface area contributed by atoms with Gasteiger partial charge in [0.1, 0.15) is 11.1 Å². The minimum atomic E-state index is -0.344. The first-order valence-electron chi connectivity index (χ1n) is 7.09. The number of benzene rings is 1. The summed E-state index contributed by atoms with van der Waals surface area (Å²) < 4.78 is 10.9. The first-order valence-corrected chi connectivity index (χ1v) is 7.85. The molecule has 1 atom stereocenters. The zero-order valence-corrected chi connectivity index (χ0v) is 13.6. The molecule has 1 aromatic carbocycles. The Morgan fingerprint density at radius 2 is 2.13 bits per heavy atom. The molecule has 1 aliphatic rings. The fourth-order valence-corrected chi connectivity index (χ4v) is 2.55. The third-order valence-electron chi connectivity index (χ3n) is 3.36. The van der Waals surface area contributed by atoms with E-state index in [2.05, 4.69) is 10.3 Å². The van der Waals surface area contributed by atoms with Crippen molar-refractivity contribution in [1.82, 2.24) is 4.98 Å². The first kappa shape index (κ1) is 16.1. The highest BCUT2D eigenvalue weighted by atomic mass is 35.5. The average molecular weight is 353 g/mol. The lowest BCUT2D eigenvalue weighted by atomic mass is 10.2. The van der Waals surface area contributed by atoms with Crippen LogP contribution >= 0.6 is 23.2 Å². The summed E-state index contributed by atoms with van der Waals surface area (Å²) in [4.78, 5) is 16.4. The smallest absolute Gasteiger partial charge is 0.257 e. The molecule has 1 aromatic heterocycles. The van der Waals surface area contributed by atoms with Crippen LogP contribution in [0.4, 0.5) is 5.69 Å². The Morgan fingerprint density at radius 1 is 1.30 bits per heavy atom. The summed E-state index contributed by atoms with van der Waals surface area (Å²) in [6.45, 7) is 1.19. The van der Waals surface area contributed by atoms with Crippen LogP contribution in [-0.2, 0) is 4.74 Å². The predicted octanol–water partition coefficient (Wildman–Crippen LogP) is 3.81. The molecular weight excluding hydrogens is 339 g/mol. The summed E-state index contributed by atoms with van der Waals surface area (Å²) in [6.07, 6.45) is 2.17. The molecule has 2 heterocycles. The van der Waals surface area contributed by atoms with Gasteiger partial charge in [-0.1, -0.05) is 35.3 Å². The Labute approximate surface area is 143 Å². The second-order valence-electron chi connectivity index (χ2n) is 5.05. The number of ether oxygens (including phenoxy) is 2. The standard InChI is InChI=1S/C16H14Cl2N2O3/c17-12-3-1-2-4-14(12)20-15(21)10-7-13(18)16(19-8-10)23-11-5-6-22-9-11/h1-4,7-8,11H,5-6,9H2,(H,20,21). The minimum absolute atomic E-state index is 0.0530. The molecule has 5 nitrogen and oxygen atoms in total. The third kappa shape index (κ3) is 3.93. The van der Waals surface area contributed by atoms with Crippen molar-refractivity contribution in [2.45, 2.75) is 12.5 Å². The Kier molecular flexibility index (Phi) is 5.00. The van der Waals surface area contributed by atoms with Crippen LogP contribution in [0, 0.1) is 0 Å². The van der Waals surface area contributed by atoms with Gasteiger partial charge in [0.25, 0.3) is 5.91 Å². The van der Waals surface area contributed by atoms with Crippen LogP contribution in [0.2, 0.25) is 10.0 Å². The first-order chi connectivity index (χ1) is 11.1. The largest absolute Gasteiger partial charge is 0.471 e. The number of pyridine rings is 1. The van der Waals surface area contributed by atoms with E-state index >= 15 is 0 Å². The third-order valence-corrected chi connectivity index (χ3v) is 3.96. The Balaban J connectivity index is 1.71. The molecule has 1 amide bonds. The van der Waals surface area contributed by atoms with Crippen molar-refractivity contribution >= 4 is 34.8 Å². The molecule has 3 rings (SSSR count). The van der Waals surface area contributed by atoms with Gasteiger partial charge in [0, 0.05) is 12.6 Å². The van der Waals surface area contributed by atoms with E-state index in [0.717, 1.165) is 6.42 Å². The van der Waals surface area contributed by atoms with Crippen LogP contribution in [0.25, 0.3) is 0 Å². The van der Waals surface area contributed by atoms with Crippen molar-refractivity contribution in [3.05, 3.63) is 52.1 Å². The molecule has 0 bridgehead atoms. The van der Waals surface area contributed by atoms with E-state index in [0.29, 0.717) is 35.4 Å².